The molecule has 1 saturated heterocycles. The van der Waals surface area contributed by atoms with Crippen molar-refractivity contribution >= 4 is 17.0 Å². The van der Waals surface area contributed by atoms with Gasteiger partial charge in [-0.25, -0.2) is 15.0 Å². The van der Waals surface area contributed by atoms with E-state index in [4.69, 9.17) is 19.9 Å². The molecular weight excluding hydrogens is 350 g/mol. The van der Waals surface area contributed by atoms with Gasteiger partial charge in [0.1, 0.15) is 30.2 Å². The molecule has 0 saturated carbocycles. The van der Waals surface area contributed by atoms with Crippen molar-refractivity contribution in [3.63, 3.8) is 0 Å². The van der Waals surface area contributed by atoms with Crippen LogP contribution in [0.2, 0.25) is 0 Å². The summed E-state index contributed by atoms with van der Waals surface area (Å²) in [5.41, 5.74) is 6.05. The Morgan fingerprint density at radius 3 is 2.48 bits per heavy atom. The molecule has 9 nitrogen and oxygen atoms in total. The first-order chi connectivity index (χ1) is 12.5. The van der Waals surface area contributed by atoms with Gasteiger partial charge in [-0.2, -0.15) is 0 Å². The van der Waals surface area contributed by atoms with E-state index < -0.39 is 30.1 Å². The minimum Gasteiger partial charge on any atom is -0.386 e. The summed E-state index contributed by atoms with van der Waals surface area (Å²) >= 11 is 0. The number of hydrogen-bond acceptors (Lipinski definition) is 8. The van der Waals surface area contributed by atoms with Crippen LogP contribution in [0, 0.1) is 0 Å². The lowest BCUT2D eigenvalue weighted by Crippen LogP contribution is -2.42. The number of aliphatic hydroxyl groups is 1. The molecule has 2 aromatic heterocycles. The van der Waals surface area contributed by atoms with E-state index in [9.17, 15) is 5.11 Å². The van der Waals surface area contributed by atoms with Crippen LogP contribution in [-0.4, -0.2) is 60.7 Å². The van der Waals surface area contributed by atoms with Gasteiger partial charge < -0.3 is 25.1 Å². The Balaban J connectivity index is 1.90. The zero-order valence-corrected chi connectivity index (χ0v) is 16.7. The van der Waals surface area contributed by atoms with Crippen molar-refractivity contribution in [2.24, 2.45) is 0 Å². The maximum Gasteiger partial charge on any atom is 0.167 e. The van der Waals surface area contributed by atoms with Crippen LogP contribution in [0.25, 0.3) is 11.2 Å². The fourth-order valence-electron chi connectivity index (χ4n) is 3.03. The number of nitrogens with zero attached hydrogens (tertiary/aromatic N) is 4. The third-order valence-corrected chi connectivity index (χ3v) is 4.14. The number of nitrogen functional groups attached to an aromatic ring is 1. The van der Waals surface area contributed by atoms with Gasteiger partial charge >= 0.3 is 0 Å². The Morgan fingerprint density at radius 1 is 1.15 bits per heavy atom. The summed E-state index contributed by atoms with van der Waals surface area (Å²) in [6, 6.07) is 0. The molecule has 1 aliphatic rings. The third-order valence-electron chi connectivity index (χ3n) is 4.14. The lowest BCUT2D eigenvalue weighted by atomic mass is 10.1. The predicted molar refractivity (Wildman–Crippen MR) is 100.0 cm³/mol. The molecule has 0 aromatic carbocycles. The molecule has 1 unspecified atom stereocenters. The number of fused-ring (bicyclic) bond motifs is 1. The van der Waals surface area contributed by atoms with E-state index in [0.717, 1.165) is 0 Å². The summed E-state index contributed by atoms with van der Waals surface area (Å²) in [5.74, 6) is 0.279. The highest BCUT2D eigenvalue weighted by atomic mass is 16.6. The standard InChI is InChI=1S/C18H29N5O4/c1-17(2,3)25-7-10-13(27-18(4,5)6)12(24)16(26-10)23-9-22-11-14(19)20-8-21-15(11)23/h8-10,12-13,16,24H,7H2,1-6H3,(H2,19,20,21)/t10-,12?,13+,16-/m1/s1. The van der Waals surface area contributed by atoms with Gasteiger partial charge in [-0.1, -0.05) is 0 Å². The number of aliphatic hydroxyl groups excluding tert-OH is 1. The Bertz CT molecular complexity index is 795. The van der Waals surface area contributed by atoms with Crippen molar-refractivity contribution in [3.8, 4) is 0 Å². The second kappa shape index (κ2) is 6.97. The molecule has 4 atom stereocenters. The number of aromatic nitrogens is 4. The van der Waals surface area contributed by atoms with Crippen LogP contribution in [0.4, 0.5) is 5.82 Å². The van der Waals surface area contributed by atoms with Gasteiger partial charge in [0.15, 0.2) is 17.7 Å². The van der Waals surface area contributed by atoms with Crippen LogP contribution < -0.4 is 5.73 Å². The molecule has 3 rings (SSSR count). The highest BCUT2D eigenvalue weighted by Crippen LogP contribution is 2.36. The summed E-state index contributed by atoms with van der Waals surface area (Å²) in [6.07, 6.45) is 0.260. The zero-order chi connectivity index (χ0) is 20.0. The highest BCUT2D eigenvalue weighted by molar-refractivity contribution is 5.81. The first-order valence-electron chi connectivity index (χ1n) is 9.04. The van der Waals surface area contributed by atoms with E-state index in [1.165, 1.54) is 6.33 Å². The second-order valence-electron chi connectivity index (χ2n) is 8.76. The number of imidazole rings is 1. The quantitative estimate of drug-likeness (QED) is 0.824. The van der Waals surface area contributed by atoms with E-state index in [2.05, 4.69) is 15.0 Å². The van der Waals surface area contributed by atoms with Crippen molar-refractivity contribution in [1.82, 2.24) is 19.5 Å². The normalized spacial score (nSPS) is 26.8. The van der Waals surface area contributed by atoms with Crippen LogP contribution in [0.5, 0.6) is 0 Å². The predicted octanol–water partition coefficient (Wildman–Crippen LogP) is 1.67. The summed E-state index contributed by atoms with van der Waals surface area (Å²) in [7, 11) is 0. The summed E-state index contributed by atoms with van der Waals surface area (Å²) in [6.45, 7) is 12.0. The average Bonchev–Trinajstić information content (AvgIpc) is 3.07. The first-order valence-corrected chi connectivity index (χ1v) is 9.04. The van der Waals surface area contributed by atoms with Crippen molar-refractivity contribution in [1.29, 1.82) is 0 Å². The molecule has 0 amide bonds. The molecule has 27 heavy (non-hydrogen) atoms. The molecule has 1 fully saturated rings. The van der Waals surface area contributed by atoms with Crippen LogP contribution in [-0.2, 0) is 14.2 Å². The van der Waals surface area contributed by atoms with Gasteiger partial charge in [-0.05, 0) is 41.5 Å². The number of anilines is 1. The fourth-order valence-corrected chi connectivity index (χ4v) is 3.03. The number of rotatable bonds is 4. The zero-order valence-electron chi connectivity index (χ0n) is 16.7. The van der Waals surface area contributed by atoms with Gasteiger partial charge in [0.25, 0.3) is 0 Å². The smallest absolute Gasteiger partial charge is 0.167 e. The average molecular weight is 379 g/mol. The van der Waals surface area contributed by atoms with Crippen molar-refractivity contribution in [3.05, 3.63) is 12.7 Å². The SMILES string of the molecule is CC(C)(C)OC[C@H]1O[C@@H](n2cnc3c(N)ncnc32)C(O)[C@H]1OC(C)(C)C. The largest absolute Gasteiger partial charge is 0.386 e. The van der Waals surface area contributed by atoms with Crippen molar-refractivity contribution < 1.29 is 19.3 Å². The van der Waals surface area contributed by atoms with Gasteiger partial charge in [0, 0.05) is 0 Å². The summed E-state index contributed by atoms with van der Waals surface area (Å²) in [5, 5.41) is 11.0. The van der Waals surface area contributed by atoms with E-state index in [1.807, 2.05) is 41.5 Å². The molecule has 3 N–H and O–H groups in total. The maximum atomic E-state index is 11.0. The molecule has 0 radical (unpaired) electrons. The molecule has 0 bridgehead atoms. The number of hydrogen-bond donors (Lipinski definition) is 2. The topological polar surface area (TPSA) is 118 Å². The Kier molecular flexibility index (Phi) is 5.15. The maximum absolute atomic E-state index is 11.0. The van der Waals surface area contributed by atoms with Crippen LogP contribution in [0.15, 0.2) is 12.7 Å². The first kappa shape index (κ1) is 19.9. The van der Waals surface area contributed by atoms with Gasteiger partial charge in [-0.15, -0.1) is 0 Å². The fraction of sp³-hybridized carbons (Fsp3) is 0.722. The lowest BCUT2D eigenvalue weighted by Gasteiger charge is -2.30. The molecular formula is C18H29N5O4. The Morgan fingerprint density at radius 2 is 1.85 bits per heavy atom. The Labute approximate surface area is 158 Å². The lowest BCUT2D eigenvalue weighted by molar-refractivity contribution is -0.138. The minimum atomic E-state index is -0.925. The van der Waals surface area contributed by atoms with Crippen molar-refractivity contribution in [2.75, 3.05) is 12.3 Å². The van der Waals surface area contributed by atoms with Crippen LogP contribution >= 0.6 is 0 Å². The van der Waals surface area contributed by atoms with Gasteiger partial charge in [-0.3, -0.25) is 4.57 Å². The molecule has 1 aliphatic heterocycles. The monoisotopic (exact) mass is 379 g/mol. The minimum absolute atomic E-state index is 0.279. The van der Waals surface area contributed by atoms with Gasteiger partial charge in [0.05, 0.1) is 24.1 Å². The Hall–Kier alpha value is -1.81. The molecule has 9 heteroatoms. The molecule has 2 aromatic rings. The van der Waals surface area contributed by atoms with E-state index in [0.29, 0.717) is 17.8 Å². The molecule has 0 spiro atoms. The number of nitrogens with two attached hydrogens (primary N) is 1. The second-order valence-corrected chi connectivity index (χ2v) is 8.76. The van der Waals surface area contributed by atoms with Crippen LogP contribution in [0.1, 0.15) is 47.8 Å². The van der Waals surface area contributed by atoms with Crippen LogP contribution in [0.3, 0.4) is 0 Å². The summed E-state index contributed by atoms with van der Waals surface area (Å²) in [4.78, 5) is 12.4. The molecule has 150 valence electrons. The van der Waals surface area contributed by atoms with Gasteiger partial charge in [0.2, 0.25) is 0 Å². The van der Waals surface area contributed by atoms with E-state index >= 15 is 0 Å². The molecule has 3 heterocycles. The van der Waals surface area contributed by atoms with Crippen molar-refractivity contribution in [2.45, 2.75) is 77.3 Å². The van der Waals surface area contributed by atoms with E-state index in [1.54, 1.807) is 10.9 Å². The highest BCUT2D eigenvalue weighted by Gasteiger charge is 2.48. The molecule has 0 aliphatic carbocycles. The number of ether oxygens (including phenoxy) is 3. The summed E-state index contributed by atoms with van der Waals surface area (Å²) < 4.78 is 19.8. The third kappa shape index (κ3) is 4.37. The van der Waals surface area contributed by atoms with E-state index in [-0.39, 0.29) is 11.4 Å².